The molecule has 2 heterocycles. The molecule has 0 fully saturated rings. The van der Waals surface area contributed by atoms with Crippen LogP contribution < -0.4 is 4.90 Å². The fourth-order valence-electron chi connectivity index (χ4n) is 3.33. The Bertz CT molecular complexity index is 852. The Balaban J connectivity index is 1.57. The zero-order chi connectivity index (χ0) is 17.4. The lowest BCUT2D eigenvalue weighted by atomic mass is 9.99. The summed E-state index contributed by atoms with van der Waals surface area (Å²) >= 11 is 0. The van der Waals surface area contributed by atoms with Gasteiger partial charge in [-0.2, -0.15) is 0 Å². The number of hydrogen-bond donors (Lipinski definition) is 0. The number of carbonyl (C=O) groups is 1. The summed E-state index contributed by atoms with van der Waals surface area (Å²) < 4.78 is 27.6. The first-order valence-electron chi connectivity index (χ1n) is 8.21. The highest BCUT2D eigenvalue weighted by Crippen LogP contribution is 2.33. The van der Waals surface area contributed by atoms with Crippen molar-refractivity contribution in [1.82, 2.24) is 0 Å². The van der Waals surface area contributed by atoms with E-state index in [-0.39, 0.29) is 17.7 Å². The number of nitrogens with zero attached hydrogens (tertiary/aromatic N) is 2. The second-order valence-electron chi connectivity index (χ2n) is 6.19. The lowest BCUT2D eigenvalue weighted by molar-refractivity contribution is -0.112. The van der Waals surface area contributed by atoms with Crippen LogP contribution in [0.1, 0.15) is 30.1 Å². The standard InChI is InChI=1S/C19H16F2N2O2/c20-13-9-15(21)14-7-4-8-23(17(14)10-13)19(24)16-11-18(25-22-16)12-5-2-1-3-6-12/h1-3,5-6,9-10,18H,4,7-8,11H2. The third kappa shape index (κ3) is 2.88. The third-order valence-corrected chi connectivity index (χ3v) is 4.57. The van der Waals surface area contributed by atoms with Gasteiger partial charge in [0.05, 0.1) is 5.69 Å². The molecule has 25 heavy (non-hydrogen) atoms. The van der Waals surface area contributed by atoms with Crippen LogP contribution in [0.25, 0.3) is 0 Å². The van der Waals surface area contributed by atoms with Crippen LogP contribution >= 0.6 is 0 Å². The number of rotatable bonds is 2. The molecule has 2 aromatic carbocycles. The van der Waals surface area contributed by atoms with Crippen molar-refractivity contribution in [3.8, 4) is 0 Å². The first kappa shape index (κ1) is 15.7. The Labute approximate surface area is 143 Å². The van der Waals surface area contributed by atoms with Gasteiger partial charge in [-0.1, -0.05) is 35.5 Å². The minimum atomic E-state index is -0.692. The van der Waals surface area contributed by atoms with E-state index in [9.17, 15) is 13.6 Å². The summed E-state index contributed by atoms with van der Waals surface area (Å²) in [5, 5.41) is 3.92. The van der Waals surface area contributed by atoms with Gasteiger partial charge in [0, 0.05) is 24.6 Å². The van der Waals surface area contributed by atoms with Crippen molar-refractivity contribution in [1.29, 1.82) is 0 Å². The maximum absolute atomic E-state index is 14.0. The van der Waals surface area contributed by atoms with Gasteiger partial charge >= 0.3 is 0 Å². The molecule has 1 unspecified atom stereocenters. The van der Waals surface area contributed by atoms with E-state index in [4.69, 9.17) is 4.84 Å². The minimum Gasteiger partial charge on any atom is -0.387 e. The molecular formula is C19H16F2N2O2. The van der Waals surface area contributed by atoms with Crippen LogP contribution in [0, 0.1) is 11.6 Å². The maximum Gasteiger partial charge on any atom is 0.276 e. The minimum absolute atomic E-state index is 0.270. The molecule has 4 nitrogen and oxygen atoms in total. The molecule has 0 spiro atoms. The molecule has 2 aliphatic heterocycles. The van der Waals surface area contributed by atoms with Crippen LogP contribution in [0.15, 0.2) is 47.6 Å². The summed E-state index contributed by atoms with van der Waals surface area (Å²) in [6.45, 7) is 0.406. The summed E-state index contributed by atoms with van der Waals surface area (Å²) in [4.78, 5) is 19.6. The third-order valence-electron chi connectivity index (χ3n) is 4.57. The van der Waals surface area contributed by atoms with E-state index in [1.54, 1.807) is 0 Å². The van der Waals surface area contributed by atoms with Crippen molar-refractivity contribution in [2.45, 2.75) is 25.4 Å². The normalized spacial score (nSPS) is 19.2. The van der Waals surface area contributed by atoms with Crippen molar-refractivity contribution in [2.75, 3.05) is 11.4 Å². The molecule has 0 saturated heterocycles. The number of benzene rings is 2. The van der Waals surface area contributed by atoms with Crippen molar-refractivity contribution in [2.24, 2.45) is 5.16 Å². The van der Waals surface area contributed by atoms with Gasteiger partial charge < -0.3 is 9.74 Å². The molecule has 4 rings (SSSR count). The molecule has 0 radical (unpaired) electrons. The highest BCUT2D eigenvalue weighted by molar-refractivity contribution is 6.44. The molecule has 1 amide bonds. The Hall–Kier alpha value is -2.76. The lowest BCUT2D eigenvalue weighted by Crippen LogP contribution is -2.40. The zero-order valence-corrected chi connectivity index (χ0v) is 13.4. The van der Waals surface area contributed by atoms with Gasteiger partial charge in [0.1, 0.15) is 17.3 Å². The fourth-order valence-corrected chi connectivity index (χ4v) is 3.33. The first-order chi connectivity index (χ1) is 12.1. The second kappa shape index (κ2) is 6.27. The van der Waals surface area contributed by atoms with Crippen molar-refractivity contribution in [3.05, 3.63) is 65.2 Å². The monoisotopic (exact) mass is 342 g/mol. The average molecular weight is 342 g/mol. The van der Waals surface area contributed by atoms with Gasteiger partial charge in [-0.05, 0) is 24.5 Å². The van der Waals surface area contributed by atoms with Crippen LogP contribution in [-0.2, 0) is 16.1 Å². The van der Waals surface area contributed by atoms with E-state index in [1.807, 2.05) is 30.3 Å². The smallest absolute Gasteiger partial charge is 0.276 e. The molecule has 0 aliphatic carbocycles. The molecule has 2 aromatic rings. The molecule has 0 N–H and O–H groups in total. The van der Waals surface area contributed by atoms with Gasteiger partial charge in [-0.25, -0.2) is 8.78 Å². The number of carbonyl (C=O) groups excluding carboxylic acids is 1. The van der Waals surface area contributed by atoms with Gasteiger partial charge in [-0.15, -0.1) is 0 Å². The number of anilines is 1. The summed E-state index contributed by atoms with van der Waals surface area (Å²) in [5.41, 5.74) is 1.87. The molecule has 1 atom stereocenters. The molecule has 128 valence electrons. The van der Waals surface area contributed by atoms with E-state index in [2.05, 4.69) is 5.16 Å². The zero-order valence-electron chi connectivity index (χ0n) is 13.4. The highest BCUT2D eigenvalue weighted by Gasteiger charge is 2.33. The molecule has 0 bridgehead atoms. The molecule has 0 aromatic heterocycles. The predicted molar refractivity (Wildman–Crippen MR) is 89.4 cm³/mol. The van der Waals surface area contributed by atoms with Gasteiger partial charge in [-0.3, -0.25) is 4.79 Å². The van der Waals surface area contributed by atoms with Crippen molar-refractivity contribution in [3.63, 3.8) is 0 Å². The van der Waals surface area contributed by atoms with Crippen LogP contribution in [0.5, 0.6) is 0 Å². The topological polar surface area (TPSA) is 41.9 Å². The number of amides is 1. The van der Waals surface area contributed by atoms with Crippen LogP contribution in [-0.4, -0.2) is 18.2 Å². The number of oxime groups is 1. The Morgan fingerprint density at radius 1 is 1.20 bits per heavy atom. The second-order valence-corrected chi connectivity index (χ2v) is 6.19. The number of halogens is 2. The van der Waals surface area contributed by atoms with E-state index in [0.29, 0.717) is 37.1 Å². The van der Waals surface area contributed by atoms with Crippen LogP contribution in [0.4, 0.5) is 14.5 Å². The Kier molecular flexibility index (Phi) is 3.95. The van der Waals surface area contributed by atoms with E-state index < -0.39 is 11.6 Å². The Morgan fingerprint density at radius 3 is 2.80 bits per heavy atom. The summed E-state index contributed by atoms with van der Waals surface area (Å²) in [7, 11) is 0. The molecule has 6 heteroatoms. The van der Waals surface area contributed by atoms with E-state index >= 15 is 0 Å². The summed E-state index contributed by atoms with van der Waals surface area (Å²) in [5.74, 6) is -1.66. The number of hydrogen-bond acceptors (Lipinski definition) is 3. The largest absolute Gasteiger partial charge is 0.387 e. The van der Waals surface area contributed by atoms with Crippen molar-refractivity contribution < 1.29 is 18.4 Å². The van der Waals surface area contributed by atoms with Crippen LogP contribution in [0.2, 0.25) is 0 Å². The Morgan fingerprint density at radius 2 is 2.00 bits per heavy atom. The van der Waals surface area contributed by atoms with Gasteiger partial charge in [0.25, 0.3) is 5.91 Å². The SMILES string of the molecule is O=C(C1=NOC(c2ccccc2)C1)N1CCCc2c(F)cc(F)cc21. The van der Waals surface area contributed by atoms with Crippen LogP contribution in [0.3, 0.4) is 0 Å². The molecule has 0 saturated carbocycles. The van der Waals surface area contributed by atoms with E-state index in [1.165, 1.54) is 11.0 Å². The predicted octanol–water partition coefficient (Wildman–Crippen LogP) is 3.76. The average Bonchev–Trinajstić information content (AvgIpc) is 3.11. The summed E-state index contributed by atoms with van der Waals surface area (Å²) in [6.07, 6.45) is 1.14. The maximum atomic E-state index is 14.0. The first-order valence-corrected chi connectivity index (χ1v) is 8.21. The van der Waals surface area contributed by atoms with Gasteiger partial charge in [0.2, 0.25) is 0 Å². The molecule has 2 aliphatic rings. The molecular weight excluding hydrogens is 326 g/mol. The lowest BCUT2D eigenvalue weighted by Gasteiger charge is -2.29. The number of fused-ring (bicyclic) bond motifs is 1. The fraction of sp³-hybridized carbons (Fsp3) is 0.263. The van der Waals surface area contributed by atoms with Crippen molar-refractivity contribution >= 4 is 17.3 Å². The highest BCUT2D eigenvalue weighted by atomic mass is 19.1. The van der Waals surface area contributed by atoms with Gasteiger partial charge in [0.15, 0.2) is 6.10 Å². The quantitative estimate of drug-likeness (QED) is 0.834. The van der Waals surface area contributed by atoms with E-state index in [0.717, 1.165) is 11.6 Å². The summed E-state index contributed by atoms with van der Waals surface area (Å²) in [6, 6.07) is 11.6.